The quantitative estimate of drug-likeness (QED) is 0.805. The molecule has 0 aromatic heterocycles. The van der Waals surface area contributed by atoms with Crippen LogP contribution in [0.1, 0.15) is 0 Å². The van der Waals surface area contributed by atoms with Gasteiger partial charge in [0.1, 0.15) is 0 Å². The number of benzene rings is 1. The Morgan fingerprint density at radius 2 is 1.79 bits per heavy atom. The van der Waals surface area contributed by atoms with Crippen molar-refractivity contribution in [3.63, 3.8) is 0 Å². The van der Waals surface area contributed by atoms with Crippen molar-refractivity contribution in [1.82, 2.24) is 4.31 Å². The van der Waals surface area contributed by atoms with Gasteiger partial charge >= 0.3 is 0 Å². The highest BCUT2D eigenvalue weighted by Gasteiger charge is 2.39. The minimum atomic E-state index is -3.55. The van der Waals surface area contributed by atoms with Gasteiger partial charge in [0, 0.05) is 33.0 Å². The molecule has 0 saturated carbocycles. The summed E-state index contributed by atoms with van der Waals surface area (Å²) in [7, 11) is -0.456. The number of anilines is 1. The van der Waals surface area contributed by atoms with Crippen LogP contribution in [0.5, 0.6) is 0 Å². The maximum Gasteiger partial charge on any atom is 0.243 e. The van der Waals surface area contributed by atoms with Crippen molar-refractivity contribution in [2.75, 3.05) is 33.0 Å². The van der Waals surface area contributed by atoms with E-state index in [9.17, 15) is 8.42 Å². The standard InChI is InChI=1S/C12H18N2O4S/c1-17-11-7-14(8-12(11)18-2)19(15,16)10-5-3-4-9(13)6-10/h3-6,11-12H,7-8,13H2,1-2H3. The van der Waals surface area contributed by atoms with Crippen LogP contribution < -0.4 is 5.73 Å². The van der Waals surface area contributed by atoms with E-state index >= 15 is 0 Å². The van der Waals surface area contributed by atoms with E-state index < -0.39 is 10.0 Å². The summed E-state index contributed by atoms with van der Waals surface area (Å²) >= 11 is 0. The molecule has 2 rings (SSSR count). The third kappa shape index (κ3) is 2.74. The average molecular weight is 286 g/mol. The Hall–Kier alpha value is -1.15. The fraction of sp³-hybridized carbons (Fsp3) is 0.500. The minimum absolute atomic E-state index is 0.194. The molecule has 1 saturated heterocycles. The molecule has 106 valence electrons. The van der Waals surface area contributed by atoms with E-state index in [0.29, 0.717) is 5.69 Å². The van der Waals surface area contributed by atoms with Crippen LogP contribution in [0.2, 0.25) is 0 Å². The summed E-state index contributed by atoms with van der Waals surface area (Å²) in [5.41, 5.74) is 6.05. The first kappa shape index (κ1) is 14.3. The first-order valence-corrected chi connectivity index (χ1v) is 7.34. The fourth-order valence-corrected chi connectivity index (χ4v) is 3.70. The van der Waals surface area contributed by atoms with Crippen molar-refractivity contribution in [3.8, 4) is 0 Å². The highest BCUT2D eigenvalue weighted by atomic mass is 32.2. The zero-order valence-corrected chi connectivity index (χ0v) is 11.8. The van der Waals surface area contributed by atoms with Crippen molar-refractivity contribution in [1.29, 1.82) is 0 Å². The molecule has 2 atom stereocenters. The summed E-state index contributed by atoms with van der Waals surface area (Å²) in [6.07, 6.45) is -0.498. The van der Waals surface area contributed by atoms with Crippen molar-refractivity contribution in [2.24, 2.45) is 0 Å². The highest BCUT2D eigenvalue weighted by Crippen LogP contribution is 2.24. The summed E-state index contributed by atoms with van der Waals surface area (Å²) in [6.45, 7) is 0.568. The molecule has 1 aliphatic rings. The molecule has 6 nitrogen and oxygen atoms in total. The van der Waals surface area contributed by atoms with Crippen LogP contribution >= 0.6 is 0 Å². The smallest absolute Gasteiger partial charge is 0.243 e. The van der Waals surface area contributed by atoms with Crippen molar-refractivity contribution >= 4 is 15.7 Å². The molecule has 0 amide bonds. The molecule has 0 spiro atoms. The van der Waals surface area contributed by atoms with Crippen molar-refractivity contribution in [3.05, 3.63) is 24.3 Å². The Morgan fingerprint density at radius 1 is 1.21 bits per heavy atom. The van der Waals surface area contributed by atoms with Gasteiger partial charge in [-0.1, -0.05) is 6.07 Å². The van der Waals surface area contributed by atoms with E-state index in [1.54, 1.807) is 26.4 Å². The van der Waals surface area contributed by atoms with Crippen LogP contribution in [0, 0.1) is 0 Å². The molecule has 0 radical (unpaired) electrons. The van der Waals surface area contributed by atoms with Gasteiger partial charge in [-0.25, -0.2) is 8.42 Å². The number of rotatable bonds is 4. The first-order valence-electron chi connectivity index (χ1n) is 5.90. The van der Waals surface area contributed by atoms with E-state index in [2.05, 4.69) is 0 Å². The summed E-state index contributed by atoms with van der Waals surface area (Å²) in [5.74, 6) is 0. The van der Waals surface area contributed by atoms with Gasteiger partial charge < -0.3 is 15.2 Å². The molecule has 1 aromatic rings. The summed E-state index contributed by atoms with van der Waals surface area (Å²) in [5, 5.41) is 0. The summed E-state index contributed by atoms with van der Waals surface area (Å²) in [4.78, 5) is 0.194. The summed E-state index contributed by atoms with van der Waals surface area (Å²) in [6, 6.07) is 6.27. The largest absolute Gasteiger partial charge is 0.399 e. The maximum atomic E-state index is 12.5. The number of hydrogen-bond donors (Lipinski definition) is 1. The number of hydrogen-bond acceptors (Lipinski definition) is 5. The van der Waals surface area contributed by atoms with Crippen LogP contribution in [0.4, 0.5) is 5.69 Å². The lowest BCUT2D eigenvalue weighted by atomic mass is 10.3. The van der Waals surface area contributed by atoms with Crippen LogP contribution in [0.25, 0.3) is 0 Å². The Kier molecular flexibility index (Phi) is 4.10. The molecular formula is C12H18N2O4S. The van der Waals surface area contributed by atoms with Crippen LogP contribution in [-0.4, -0.2) is 52.2 Å². The highest BCUT2D eigenvalue weighted by molar-refractivity contribution is 7.89. The van der Waals surface area contributed by atoms with E-state index in [4.69, 9.17) is 15.2 Å². The van der Waals surface area contributed by atoms with Crippen molar-refractivity contribution in [2.45, 2.75) is 17.1 Å². The lowest BCUT2D eigenvalue weighted by Gasteiger charge is -2.16. The third-order valence-corrected chi connectivity index (χ3v) is 5.11. The third-order valence-electron chi connectivity index (χ3n) is 3.28. The van der Waals surface area contributed by atoms with Gasteiger partial charge in [-0.2, -0.15) is 4.31 Å². The second-order valence-electron chi connectivity index (χ2n) is 4.44. The molecule has 2 N–H and O–H groups in total. The second kappa shape index (κ2) is 5.46. The Morgan fingerprint density at radius 3 is 2.26 bits per heavy atom. The van der Waals surface area contributed by atoms with Gasteiger partial charge in [-0.15, -0.1) is 0 Å². The van der Waals surface area contributed by atoms with E-state index in [1.807, 2.05) is 0 Å². The monoisotopic (exact) mass is 286 g/mol. The van der Waals surface area contributed by atoms with Gasteiger partial charge in [-0.05, 0) is 18.2 Å². The van der Waals surface area contributed by atoms with E-state index in [-0.39, 0.29) is 30.2 Å². The zero-order valence-electron chi connectivity index (χ0n) is 10.9. The van der Waals surface area contributed by atoms with Gasteiger partial charge in [0.15, 0.2) is 0 Å². The summed E-state index contributed by atoms with van der Waals surface area (Å²) < 4.78 is 36.8. The fourth-order valence-electron chi connectivity index (χ4n) is 2.18. The average Bonchev–Trinajstić information content (AvgIpc) is 2.82. The minimum Gasteiger partial charge on any atom is -0.399 e. The second-order valence-corrected chi connectivity index (χ2v) is 6.38. The number of nitrogens with zero attached hydrogens (tertiary/aromatic N) is 1. The first-order chi connectivity index (χ1) is 8.98. The van der Waals surface area contributed by atoms with Crippen LogP contribution in [0.3, 0.4) is 0 Å². The van der Waals surface area contributed by atoms with Crippen LogP contribution in [-0.2, 0) is 19.5 Å². The predicted molar refractivity (Wildman–Crippen MR) is 71.2 cm³/mol. The maximum absolute atomic E-state index is 12.5. The molecule has 2 unspecified atom stereocenters. The molecule has 1 aromatic carbocycles. The zero-order chi connectivity index (χ0) is 14.0. The molecule has 7 heteroatoms. The van der Waals surface area contributed by atoms with Gasteiger partial charge in [-0.3, -0.25) is 0 Å². The molecule has 0 aliphatic carbocycles. The molecule has 1 fully saturated rings. The van der Waals surface area contributed by atoms with Crippen molar-refractivity contribution < 1.29 is 17.9 Å². The van der Waals surface area contributed by atoms with E-state index in [0.717, 1.165) is 0 Å². The van der Waals surface area contributed by atoms with Gasteiger partial charge in [0.05, 0.1) is 17.1 Å². The molecule has 1 heterocycles. The predicted octanol–water partition coefficient (Wildman–Crippen LogP) is 0.303. The topological polar surface area (TPSA) is 81.9 Å². The number of nitrogen functional groups attached to an aromatic ring is 1. The number of ether oxygens (including phenoxy) is 2. The number of nitrogens with two attached hydrogens (primary N) is 1. The van der Waals surface area contributed by atoms with Gasteiger partial charge in [0.25, 0.3) is 0 Å². The number of sulfonamides is 1. The van der Waals surface area contributed by atoms with Crippen LogP contribution in [0.15, 0.2) is 29.2 Å². The Balaban J connectivity index is 2.27. The van der Waals surface area contributed by atoms with E-state index in [1.165, 1.54) is 16.4 Å². The molecular weight excluding hydrogens is 268 g/mol. The lowest BCUT2D eigenvalue weighted by molar-refractivity contribution is -0.00461. The van der Waals surface area contributed by atoms with Gasteiger partial charge in [0.2, 0.25) is 10.0 Å². The normalized spacial score (nSPS) is 24.7. The number of methoxy groups -OCH3 is 2. The lowest BCUT2D eigenvalue weighted by Crippen LogP contribution is -2.30. The SMILES string of the molecule is COC1CN(S(=O)(=O)c2cccc(N)c2)CC1OC. The molecule has 19 heavy (non-hydrogen) atoms. The molecule has 1 aliphatic heterocycles. The molecule has 0 bridgehead atoms. The Labute approximate surface area is 113 Å². The Bertz CT molecular complexity index is 534.